The van der Waals surface area contributed by atoms with Gasteiger partial charge < -0.3 is 13.7 Å². The highest BCUT2D eigenvalue weighted by atomic mass is 16.5. The summed E-state index contributed by atoms with van der Waals surface area (Å²) in [6.45, 7) is 0. The van der Waals surface area contributed by atoms with Crippen molar-refractivity contribution in [2.75, 3.05) is 0 Å². The molecule has 0 bridgehead atoms. The highest BCUT2D eigenvalue weighted by Crippen LogP contribution is 2.56. The van der Waals surface area contributed by atoms with E-state index in [1.807, 2.05) is 30.3 Å². The molecule has 0 fully saturated rings. The molecule has 6 heteroatoms. The molecule has 0 saturated carbocycles. The summed E-state index contributed by atoms with van der Waals surface area (Å²) in [6, 6.07) is 64.1. The maximum Gasteiger partial charge on any atom is 0.167 e. The number of aromatic nitrogens is 4. The zero-order valence-electron chi connectivity index (χ0n) is 33.7. The molecule has 0 amide bonds. The third kappa shape index (κ3) is 5.15. The number of benzene rings is 9. The number of furan rings is 1. The summed E-state index contributed by atoms with van der Waals surface area (Å²) in [6.07, 6.45) is 4.34. The Balaban J connectivity index is 1.04. The predicted octanol–water partition coefficient (Wildman–Crippen LogP) is 14.4. The van der Waals surface area contributed by atoms with E-state index in [1.165, 1.54) is 32.7 Å². The molecule has 6 nitrogen and oxygen atoms in total. The van der Waals surface area contributed by atoms with Gasteiger partial charge >= 0.3 is 0 Å². The highest BCUT2D eigenvalue weighted by Gasteiger charge is 2.41. The van der Waals surface area contributed by atoms with E-state index < -0.39 is 0 Å². The first kappa shape index (κ1) is 34.4. The number of hydrogen-bond donors (Lipinski definition) is 0. The Kier molecular flexibility index (Phi) is 7.13. The van der Waals surface area contributed by atoms with Crippen molar-refractivity contribution in [2.45, 2.75) is 12.0 Å². The van der Waals surface area contributed by atoms with Crippen molar-refractivity contribution in [1.82, 2.24) is 19.5 Å². The van der Waals surface area contributed by atoms with Crippen LogP contribution in [0.25, 0.3) is 111 Å². The molecule has 2 unspecified atom stereocenters. The molecule has 12 aromatic rings. The summed E-state index contributed by atoms with van der Waals surface area (Å²) in [5.74, 6) is 2.44. The number of hydrogen-bond acceptors (Lipinski definition) is 5. The third-order valence-electron chi connectivity index (χ3n) is 13.2. The largest absolute Gasteiger partial charge is 0.484 e. The molecule has 0 N–H and O–H groups in total. The van der Waals surface area contributed by atoms with Crippen molar-refractivity contribution < 1.29 is 9.15 Å². The molecule has 2 aliphatic rings. The fraction of sp³-hybridized carbons (Fsp3) is 0.0351. The molecular formula is C57H34N4O2. The first-order valence-corrected chi connectivity index (χ1v) is 21.4. The average Bonchev–Trinajstić information content (AvgIpc) is 4.02. The molecule has 63 heavy (non-hydrogen) atoms. The van der Waals surface area contributed by atoms with Crippen LogP contribution in [0, 0.1) is 0 Å². The van der Waals surface area contributed by atoms with E-state index in [-0.39, 0.29) is 12.0 Å². The van der Waals surface area contributed by atoms with Crippen molar-refractivity contribution >= 4 is 71.4 Å². The molecule has 0 radical (unpaired) electrons. The predicted molar refractivity (Wildman–Crippen MR) is 254 cm³/mol. The Morgan fingerprint density at radius 2 is 1.13 bits per heavy atom. The van der Waals surface area contributed by atoms with Gasteiger partial charge in [-0.05, 0) is 87.8 Å². The number of nitrogens with zero attached hydrogens (tertiary/aromatic N) is 4. The van der Waals surface area contributed by atoms with Crippen LogP contribution in [-0.2, 0) is 0 Å². The van der Waals surface area contributed by atoms with E-state index in [0.29, 0.717) is 17.5 Å². The fourth-order valence-corrected chi connectivity index (χ4v) is 10.2. The van der Waals surface area contributed by atoms with Gasteiger partial charge in [0.15, 0.2) is 17.5 Å². The highest BCUT2D eigenvalue weighted by molar-refractivity contribution is 6.14. The van der Waals surface area contributed by atoms with Gasteiger partial charge in [0, 0.05) is 49.7 Å². The van der Waals surface area contributed by atoms with Gasteiger partial charge in [-0.3, -0.25) is 0 Å². The maximum absolute atomic E-state index is 7.32. The van der Waals surface area contributed by atoms with Crippen LogP contribution < -0.4 is 4.74 Å². The van der Waals surface area contributed by atoms with Crippen molar-refractivity contribution in [1.29, 1.82) is 0 Å². The minimum Gasteiger partial charge on any atom is -0.484 e. The molecule has 14 rings (SSSR count). The van der Waals surface area contributed by atoms with Crippen molar-refractivity contribution in [3.8, 4) is 45.6 Å². The summed E-state index contributed by atoms with van der Waals surface area (Å²) < 4.78 is 16.0. The Hall–Kier alpha value is -8.35. The van der Waals surface area contributed by atoms with E-state index >= 15 is 0 Å². The zero-order chi connectivity index (χ0) is 41.2. The summed E-state index contributed by atoms with van der Waals surface area (Å²) >= 11 is 0. The van der Waals surface area contributed by atoms with Gasteiger partial charge in [0.2, 0.25) is 0 Å². The van der Waals surface area contributed by atoms with Crippen LogP contribution in [0.3, 0.4) is 0 Å². The van der Waals surface area contributed by atoms with Crippen LogP contribution in [-0.4, -0.2) is 19.5 Å². The Bertz CT molecular complexity index is 3930. The second-order valence-electron chi connectivity index (χ2n) is 16.7. The summed E-state index contributed by atoms with van der Waals surface area (Å²) in [4.78, 5) is 15.9. The van der Waals surface area contributed by atoms with E-state index in [4.69, 9.17) is 24.1 Å². The van der Waals surface area contributed by atoms with Gasteiger partial charge in [-0.15, -0.1) is 0 Å². The SMILES string of the molecule is C1=CC2c3c(-n4c5ccccc5c5cc6ccccc6cc54)ccc(-c4nc(-c5ccc6ccccc6c5)nc(-c5ccc6oc7ccccc7c6c5)n4)c3OC2c2ccccc21. The van der Waals surface area contributed by atoms with Crippen LogP contribution in [0.4, 0.5) is 0 Å². The van der Waals surface area contributed by atoms with E-state index in [2.05, 4.69) is 168 Å². The van der Waals surface area contributed by atoms with Gasteiger partial charge in [0.05, 0.1) is 22.3 Å². The molecule has 2 atom stereocenters. The second kappa shape index (κ2) is 13.1. The van der Waals surface area contributed by atoms with Crippen molar-refractivity contribution in [3.05, 3.63) is 205 Å². The molecule has 3 aromatic heterocycles. The van der Waals surface area contributed by atoms with Crippen LogP contribution in [0.15, 0.2) is 192 Å². The molecule has 1 aliphatic carbocycles. The second-order valence-corrected chi connectivity index (χ2v) is 16.7. The van der Waals surface area contributed by atoms with Gasteiger partial charge in [-0.25, -0.2) is 15.0 Å². The smallest absolute Gasteiger partial charge is 0.167 e. The molecule has 0 spiro atoms. The topological polar surface area (TPSA) is 66.0 Å². The lowest BCUT2D eigenvalue weighted by Gasteiger charge is -2.23. The van der Waals surface area contributed by atoms with Crippen LogP contribution >= 0.6 is 0 Å². The van der Waals surface area contributed by atoms with Gasteiger partial charge in [-0.1, -0.05) is 133 Å². The van der Waals surface area contributed by atoms with Crippen LogP contribution in [0.2, 0.25) is 0 Å². The molecule has 1 aliphatic heterocycles. The minimum atomic E-state index is -0.229. The lowest BCUT2D eigenvalue weighted by molar-refractivity contribution is 0.224. The zero-order valence-corrected chi connectivity index (χ0v) is 33.7. The van der Waals surface area contributed by atoms with Crippen LogP contribution in [0.1, 0.15) is 28.7 Å². The summed E-state index contributed by atoms with van der Waals surface area (Å²) in [5.41, 5.74) is 11.1. The van der Waals surface area contributed by atoms with Gasteiger partial charge in [0.25, 0.3) is 0 Å². The standard InChI is InChI=1S/C57H34N4O2/c1-2-13-35-29-38(22-21-33(35)11-1)55-58-56(39-24-28-51-46(31-39)42-18-8-10-20-50(42)62-51)60-57(59-55)44-26-27-48(52-43-25-23-34-12-5-6-16-40(34)53(43)63-54(44)52)61-47-19-9-7-17-41(47)45-30-36-14-3-4-15-37(36)32-49(45)61/h1-32,43,53H. The Morgan fingerprint density at radius 3 is 2.00 bits per heavy atom. The van der Waals surface area contributed by atoms with E-state index in [9.17, 15) is 0 Å². The number of ether oxygens (including phenoxy) is 1. The molecular weight excluding hydrogens is 773 g/mol. The Labute approximate surface area is 361 Å². The van der Waals surface area contributed by atoms with Crippen LogP contribution in [0.5, 0.6) is 5.75 Å². The third-order valence-corrected chi connectivity index (χ3v) is 13.2. The first-order valence-electron chi connectivity index (χ1n) is 21.4. The maximum atomic E-state index is 7.32. The lowest BCUT2D eigenvalue weighted by Crippen LogP contribution is -2.13. The molecule has 0 saturated heterocycles. The Morgan fingerprint density at radius 1 is 0.460 bits per heavy atom. The number of fused-ring (bicyclic) bond motifs is 13. The molecule has 9 aromatic carbocycles. The van der Waals surface area contributed by atoms with Gasteiger partial charge in [-0.2, -0.15) is 0 Å². The number of para-hydroxylation sites is 2. The van der Waals surface area contributed by atoms with E-state index in [0.717, 1.165) is 77.4 Å². The van der Waals surface area contributed by atoms with Crippen molar-refractivity contribution in [2.24, 2.45) is 0 Å². The summed E-state index contributed by atoms with van der Waals surface area (Å²) in [7, 11) is 0. The first-order chi connectivity index (χ1) is 31.2. The number of rotatable bonds is 4. The molecule has 4 heterocycles. The lowest BCUT2D eigenvalue weighted by atomic mass is 9.83. The monoisotopic (exact) mass is 806 g/mol. The molecule has 294 valence electrons. The van der Waals surface area contributed by atoms with Gasteiger partial charge in [0.1, 0.15) is 23.0 Å². The average molecular weight is 807 g/mol. The minimum absolute atomic E-state index is 0.0560. The van der Waals surface area contributed by atoms with Crippen molar-refractivity contribution in [3.63, 3.8) is 0 Å². The fourth-order valence-electron chi connectivity index (χ4n) is 10.2. The normalized spacial score (nSPS) is 15.4. The summed E-state index contributed by atoms with van der Waals surface area (Å²) in [5, 5.41) is 9.18. The quantitative estimate of drug-likeness (QED) is 0.177. The van der Waals surface area contributed by atoms with E-state index in [1.54, 1.807) is 0 Å².